The third-order valence-corrected chi connectivity index (χ3v) is 4.06. The van der Waals surface area contributed by atoms with Crippen molar-refractivity contribution < 1.29 is 23.9 Å². The first-order valence-corrected chi connectivity index (χ1v) is 8.05. The van der Waals surface area contributed by atoms with Gasteiger partial charge >= 0.3 is 11.9 Å². The van der Waals surface area contributed by atoms with Gasteiger partial charge in [0.1, 0.15) is 5.54 Å². The van der Waals surface area contributed by atoms with E-state index in [0.717, 1.165) is 12.0 Å². The Balaban J connectivity index is 1.97. The quantitative estimate of drug-likeness (QED) is 0.805. The van der Waals surface area contributed by atoms with Crippen LogP contribution >= 0.6 is 0 Å². The first-order valence-electron chi connectivity index (χ1n) is 8.05. The molecule has 24 heavy (non-hydrogen) atoms. The fraction of sp³-hybridized carbons (Fsp3) is 0.500. The van der Waals surface area contributed by atoms with Crippen LogP contribution in [0.3, 0.4) is 0 Å². The summed E-state index contributed by atoms with van der Waals surface area (Å²) in [6, 6.07) is 6.62. The molecule has 0 heterocycles. The van der Waals surface area contributed by atoms with Gasteiger partial charge in [-0.05, 0) is 50.8 Å². The van der Waals surface area contributed by atoms with Crippen molar-refractivity contribution in [2.24, 2.45) is 0 Å². The van der Waals surface area contributed by atoms with Crippen molar-refractivity contribution >= 4 is 17.8 Å². The van der Waals surface area contributed by atoms with E-state index < -0.39 is 11.5 Å². The first-order chi connectivity index (χ1) is 11.4. The van der Waals surface area contributed by atoms with Crippen molar-refractivity contribution in [3.05, 3.63) is 35.4 Å². The molecular formula is C18H23NO5. The van der Waals surface area contributed by atoms with E-state index in [1.54, 1.807) is 38.1 Å². The molecule has 1 aromatic rings. The second-order valence-electron chi connectivity index (χ2n) is 6.30. The summed E-state index contributed by atoms with van der Waals surface area (Å²) in [7, 11) is 1.32. The standard InChI is InChI=1S/C18H23NO5/c1-12(2)24-17(22)18(9-4-10-18)19-15(20)11-13-5-7-14(8-6-13)16(21)23-3/h5-8,12H,4,9-11H2,1-3H3,(H,19,20). The normalized spacial score (nSPS) is 15.3. The summed E-state index contributed by atoms with van der Waals surface area (Å²) in [4.78, 5) is 35.9. The van der Waals surface area contributed by atoms with E-state index in [0.29, 0.717) is 18.4 Å². The number of amides is 1. The summed E-state index contributed by atoms with van der Waals surface area (Å²) in [5.74, 6) is -1.02. The summed E-state index contributed by atoms with van der Waals surface area (Å²) in [5.41, 5.74) is 0.303. The van der Waals surface area contributed by atoms with Crippen LogP contribution in [0.5, 0.6) is 0 Å². The van der Waals surface area contributed by atoms with Gasteiger partial charge in [0, 0.05) is 0 Å². The molecule has 1 aliphatic carbocycles. The smallest absolute Gasteiger partial charge is 0.337 e. The van der Waals surface area contributed by atoms with Gasteiger partial charge in [-0.3, -0.25) is 4.79 Å². The Labute approximate surface area is 141 Å². The van der Waals surface area contributed by atoms with Crippen LogP contribution in [0, 0.1) is 0 Å². The number of carbonyl (C=O) groups is 3. The van der Waals surface area contributed by atoms with Gasteiger partial charge in [-0.1, -0.05) is 12.1 Å². The molecule has 130 valence electrons. The Kier molecular flexibility index (Phi) is 5.59. The summed E-state index contributed by atoms with van der Waals surface area (Å²) in [5, 5.41) is 2.83. The van der Waals surface area contributed by atoms with E-state index >= 15 is 0 Å². The van der Waals surface area contributed by atoms with Crippen LogP contribution in [0.15, 0.2) is 24.3 Å². The number of methoxy groups -OCH3 is 1. The molecule has 0 bridgehead atoms. The number of nitrogens with one attached hydrogen (secondary N) is 1. The van der Waals surface area contributed by atoms with E-state index in [-0.39, 0.29) is 24.4 Å². The highest BCUT2D eigenvalue weighted by molar-refractivity contribution is 5.91. The monoisotopic (exact) mass is 333 g/mol. The maximum atomic E-state index is 12.3. The SMILES string of the molecule is COC(=O)c1ccc(CC(=O)NC2(C(=O)OC(C)C)CCC2)cc1. The van der Waals surface area contributed by atoms with Crippen molar-refractivity contribution in [1.29, 1.82) is 0 Å². The highest BCUT2D eigenvalue weighted by atomic mass is 16.5. The van der Waals surface area contributed by atoms with Gasteiger partial charge in [0.25, 0.3) is 0 Å². The van der Waals surface area contributed by atoms with Crippen LogP contribution in [0.1, 0.15) is 49.0 Å². The summed E-state index contributed by atoms with van der Waals surface area (Å²) in [6.07, 6.45) is 2.02. The van der Waals surface area contributed by atoms with Crippen LogP contribution < -0.4 is 5.32 Å². The minimum absolute atomic E-state index is 0.137. The molecule has 0 radical (unpaired) electrons. The Morgan fingerprint density at radius 2 is 1.79 bits per heavy atom. The van der Waals surface area contributed by atoms with Gasteiger partial charge in [0.05, 0.1) is 25.2 Å². The predicted octanol–water partition coefficient (Wildman–Crippen LogP) is 2.01. The molecule has 0 aliphatic heterocycles. The van der Waals surface area contributed by atoms with Gasteiger partial charge in [0.2, 0.25) is 5.91 Å². The number of carbonyl (C=O) groups excluding carboxylic acids is 3. The second-order valence-corrected chi connectivity index (χ2v) is 6.30. The topological polar surface area (TPSA) is 81.7 Å². The molecule has 0 atom stereocenters. The Morgan fingerprint density at radius 3 is 2.25 bits per heavy atom. The third kappa shape index (κ3) is 4.13. The lowest BCUT2D eigenvalue weighted by Gasteiger charge is -2.40. The Bertz CT molecular complexity index is 617. The van der Waals surface area contributed by atoms with Gasteiger partial charge in [-0.25, -0.2) is 9.59 Å². The van der Waals surface area contributed by atoms with Crippen molar-refractivity contribution in [3.63, 3.8) is 0 Å². The molecule has 1 aliphatic rings. The highest BCUT2D eigenvalue weighted by Crippen LogP contribution is 2.33. The average Bonchev–Trinajstić information content (AvgIpc) is 2.50. The number of benzene rings is 1. The molecule has 6 nitrogen and oxygen atoms in total. The number of hydrogen-bond acceptors (Lipinski definition) is 5. The van der Waals surface area contributed by atoms with Gasteiger partial charge < -0.3 is 14.8 Å². The van der Waals surface area contributed by atoms with Crippen molar-refractivity contribution in [2.75, 3.05) is 7.11 Å². The van der Waals surface area contributed by atoms with Gasteiger partial charge in [0.15, 0.2) is 0 Å². The van der Waals surface area contributed by atoms with Gasteiger partial charge in [-0.15, -0.1) is 0 Å². The number of ether oxygens (including phenoxy) is 2. The van der Waals surface area contributed by atoms with E-state index in [1.807, 2.05) is 0 Å². The van der Waals surface area contributed by atoms with Crippen LogP contribution in [0.4, 0.5) is 0 Å². The fourth-order valence-corrected chi connectivity index (χ4v) is 2.61. The minimum Gasteiger partial charge on any atom is -0.465 e. The van der Waals surface area contributed by atoms with Crippen LogP contribution in [0.2, 0.25) is 0 Å². The zero-order valence-corrected chi connectivity index (χ0v) is 14.3. The maximum absolute atomic E-state index is 12.3. The van der Waals surface area contributed by atoms with Crippen LogP contribution in [-0.2, 0) is 25.5 Å². The molecule has 0 unspecified atom stereocenters. The summed E-state index contributed by atoms with van der Waals surface area (Å²) >= 11 is 0. The molecule has 1 fully saturated rings. The van der Waals surface area contributed by atoms with Gasteiger partial charge in [-0.2, -0.15) is 0 Å². The lowest BCUT2D eigenvalue weighted by molar-refractivity contribution is -0.161. The number of rotatable bonds is 6. The minimum atomic E-state index is -0.882. The number of hydrogen-bond donors (Lipinski definition) is 1. The maximum Gasteiger partial charge on any atom is 0.337 e. The third-order valence-electron chi connectivity index (χ3n) is 4.06. The van der Waals surface area contributed by atoms with E-state index in [2.05, 4.69) is 10.1 Å². The Hall–Kier alpha value is -2.37. The zero-order valence-electron chi connectivity index (χ0n) is 14.3. The Morgan fingerprint density at radius 1 is 1.17 bits per heavy atom. The van der Waals surface area contributed by atoms with Crippen molar-refractivity contribution in [2.45, 2.75) is 51.2 Å². The number of esters is 2. The van der Waals surface area contributed by atoms with Crippen LogP contribution in [-0.4, -0.2) is 36.6 Å². The predicted molar refractivity (Wildman–Crippen MR) is 87.4 cm³/mol. The van der Waals surface area contributed by atoms with Crippen LogP contribution in [0.25, 0.3) is 0 Å². The summed E-state index contributed by atoms with van der Waals surface area (Å²) in [6.45, 7) is 3.57. The molecule has 1 aromatic carbocycles. The molecule has 0 saturated heterocycles. The highest BCUT2D eigenvalue weighted by Gasteiger charge is 2.47. The molecule has 0 aromatic heterocycles. The first kappa shape index (κ1) is 18.0. The summed E-state index contributed by atoms with van der Waals surface area (Å²) < 4.78 is 9.89. The molecule has 1 amide bonds. The molecule has 1 N–H and O–H groups in total. The lowest BCUT2D eigenvalue weighted by atomic mass is 9.76. The molecular weight excluding hydrogens is 310 g/mol. The zero-order chi connectivity index (χ0) is 17.7. The molecule has 0 spiro atoms. The van der Waals surface area contributed by atoms with E-state index in [1.165, 1.54) is 7.11 Å². The fourth-order valence-electron chi connectivity index (χ4n) is 2.61. The largest absolute Gasteiger partial charge is 0.465 e. The molecule has 1 saturated carbocycles. The lowest BCUT2D eigenvalue weighted by Crippen LogP contribution is -2.60. The van der Waals surface area contributed by atoms with E-state index in [9.17, 15) is 14.4 Å². The molecule has 6 heteroatoms. The average molecular weight is 333 g/mol. The second kappa shape index (κ2) is 7.47. The van der Waals surface area contributed by atoms with E-state index in [4.69, 9.17) is 4.74 Å². The molecule has 2 rings (SSSR count). The van der Waals surface area contributed by atoms with Crippen molar-refractivity contribution in [1.82, 2.24) is 5.32 Å². The van der Waals surface area contributed by atoms with Crippen molar-refractivity contribution in [3.8, 4) is 0 Å².